The monoisotopic (exact) mass is 439 g/mol. The van der Waals surface area contributed by atoms with E-state index in [2.05, 4.69) is 10.1 Å². The Hall–Kier alpha value is -3.32. The van der Waals surface area contributed by atoms with Crippen LogP contribution in [0, 0.1) is 0 Å². The van der Waals surface area contributed by atoms with Crippen molar-refractivity contribution < 1.29 is 19.2 Å². The van der Waals surface area contributed by atoms with E-state index in [1.807, 2.05) is 54.9 Å². The van der Waals surface area contributed by atoms with Gasteiger partial charge in [0.2, 0.25) is 5.82 Å². The molecule has 8 heteroatoms. The number of carboxylic acid groups (broad SMARTS) is 1. The van der Waals surface area contributed by atoms with Gasteiger partial charge in [-0.3, -0.25) is 4.79 Å². The second kappa shape index (κ2) is 8.81. The summed E-state index contributed by atoms with van der Waals surface area (Å²) in [4.78, 5) is 15.3. The van der Waals surface area contributed by atoms with Crippen molar-refractivity contribution in [2.75, 3.05) is 0 Å². The lowest BCUT2D eigenvalue weighted by molar-refractivity contribution is -0.137. The molecule has 160 valence electrons. The van der Waals surface area contributed by atoms with Crippen LogP contribution in [0.4, 0.5) is 0 Å². The van der Waals surface area contributed by atoms with Crippen LogP contribution < -0.4 is 4.74 Å². The summed E-state index contributed by atoms with van der Waals surface area (Å²) in [6.07, 6.45) is 2.67. The van der Waals surface area contributed by atoms with Crippen molar-refractivity contribution in [2.24, 2.45) is 0 Å². The molecule has 0 fully saturated rings. The molecular formula is C23H22ClN3O4. The third-order valence-corrected chi connectivity index (χ3v) is 5.11. The number of hydrogen-bond acceptors (Lipinski definition) is 5. The molecule has 0 spiro atoms. The molecule has 4 rings (SSSR count). The van der Waals surface area contributed by atoms with Crippen molar-refractivity contribution >= 4 is 28.5 Å². The van der Waals surface area contributed by atoms with Crippen molar-refractivity contribution in [2.45, 2.75) is 39.3 Å². The first-order chi connectivity index (χ1) is 14.9. The highest BCUT2D eigenvalue weighted by molar-refractivity contribution is 6.32. The van der Waals surface area contributed by atoms with E-state index in [9.17, 15) is 4.79 Å². The molecule has 2 aromatic carbocycles. The fourth-order valence-electron chi connectivity index (χ4n) is 3.45. The molecule has 7 nitrogen and oxygen atoms in total. The minimum Gasteiger partial charge on any atom is -0.489 e. The van der Waals surface area contributed by atoms with Crippen LogP contribution in [0.1, 0.15) is 26.7 Å². The highest BCUT2D eigenvalue weighted by Gasteiger charge is 2.16. The lowest BCUT2D eigenvalue weighted by atomic mass is 10.1. The van der Waals surface area contributed by atoms with Gasteiger partial charge in [-0.05, 0) is 56.7 Å². The molecule has 4 aromatic rings. The molecule has 31 heavy (non-hydrogen) atoms. The molecule has 2 aromatic heterocycles. The highest BCUT2D eigenvalue weighted by atomic mass is 35.5. The summed E-state index contributed by atoms with van der Waals surface area (Å²) in [7, 11) is 0. The number of aryl methyl sites for hydroxylation is 1. The van der Waals surface area contributed by atoms with Crippen molar-refractivity contribution in [3.05, 3.63) is 53.7 Å². The van der Waals surface area contributed by atoms with Gasteiger partial charge in [-0.2, -0.15) is 4.98 Å². The van der Waals surface area contributed by atoms with Crippen LogP contribution in [-0.4, -0.2) is 31.9 Å². The predicted molar refractivity (Wildman–Crippen MR) is 118 cm³/mol. The van der Waals surface area contributed by atoms with Gasteiger partial charge in [0.05, 0.1) is 11.1 Å². The number of benzene rings is 2. The smallest absolute Gasteiger partial charge is 0.303 e. The number of fused-ring (bicyclic) bond motifs is 1. The SMILES string of the molecule is CC(C)Oc1ccc(-c2noc(-c3cccc4c3ccn4CCCC(=O)O)n2)cc1Cl. The zero-order valence-corrected chi connectivity index (χ0v) is 18.0. The highest BCUT2D eigenvalue weighted by Crippen LogP contribution is 2.33. The van der Waals surface area contributed by atoms with E-state index in [4.69, 9.17) is 26.0 Å². The third kappa shape index (κ3) is 4.56. The van der Waals surface area contributed by atoms with Crippen molar-refractivity contribution in [1.82, 2.24) is 14.7 Å². The number of carboxylic acids is 1. The molecular weight excluding hydrogens is 418 g/mol. The average molecular weight is 440 g/mol. The fourth-order valence-corrected chi connectivity index (χ4v) is 3.67. The quantitative estimate of drug-likeness (QED) is 0.380. The van der Waals surface area contributed by atoms with Gasteiger partial charge in [-0.15, -0.1) is 0 Å². The van der Waals surface area contributed by atoms with E-state index in [1.165, 1.54) is 0 Å². The van der Waals surface area contributed by atoms with Crippen molar-refractivity contribution in [3.8, 4) is 28.6 Å². The van der Waals surface area contributed by atoms with E-state index in [1.54, 1.807) is 12.1 Å². The number of hydrogen-bond donors (Lipinski definition) is 1. The van der Waals surface area contributed by atoms with Gasteiger partial charge < -0.3 is 18.9 Å². The van der Waals surface area contributed by atoms with Gasteiger partial charge in [-0.25, -0.2) is 0 Å². The van der Waals surface area contributed by atoms with E-state index >= 15 is 0 Å². The van der Waals surface area contributed by atoms with Crippen LogP contribution in [0.25, 0.3) is 33.7 Å². The van der Waals surface area contributed by atoms with E-state index in [0.29, 0.717) is 35.5 Å². The molecule has 0 saturated heterocycles. The Morgan fingerprint density at radius 2 is 2.10 bits per heavy atom. The first kappa shape index (κ1) is 20.9. The molecule has 0 bridgehead atoms. The van der Waals surface area contributed by atoms with Gasteiger partial charge in [0.1, 0.15) is 5.75 Å². The largest absolute Gasteiger partial charge is 0.489 e. The summed E-state index contributed by atoms with van der Waals surface area (Å²) in [5.74, 6) is 0.658. The first-order valence-electron chi connectivity index (χ1n) is 10.0. The van der Waals surface area contributed by atoms with Crippen LogP contribution in [0.3, 0.4) is 0 Å². The van der Waals surface area contributed by atoms with Crippen molar-refractivity contribution in [3.63, 3.8) is 0 Å². The van der Waals surface area contributed by atoms with E-state index in [0.717, 1.165) is 22.0 Å². The van der Waals surface area contributed by atoms with Crippen LogP contribution in [0.5, 0.6) is 5.75 Å². The minimum absolute atomic E-state index is 0.0250. The molecule has 1 N–H and O–H groups in total. The summed E-state index contributed by atoms with van der Waals surface area (Å²) in [5, 5.41) is 14.4. The van der Waals surface area contributed by atoms with Gasteiger partial charge >= 0.3 is 5.97 Å². The molecule has 0 saturated carbocycles. The Morgan fingerprint density at radius 3 is 2.84 bits per heavy atom. The second-order valence-corrected chi connectivity index (χ2v) is 7.89. The Balaban J connectivity index is 1.61. The number of halogens is 1. The van der Waals surface area contributed by atoms with Gasteiger partial charge in [0.15, 0.2) is 0 Å². The Labute approximate surface area is 184 Å². The molecule has 0 amide bonds. The number of aromatic nitrogens is 3. The summed E-state index contributed by atoms with van der Waals surface area (Å²) in [6, 6.07) is 13.2. The number of aliphatic carboxylic acids is 1. The Bertz CT molecular complexity index is 1230. The lowest BCUT2D eigenvalue weighted by Crippen LogP contribution is -2.05. The molecule has 0 aliphatic rings. The summed E-state index contributed by atoms with van der Waals surface area (Å²) >= 11 is 6.34. The number of carbonyl (C=O) groups is 1. The molecule has 2 heterocycles. The van der Waals surface area contributed by atoms with Gasteiger partial charge in [-0.1, -0.05) is 22.8 Å². The first-order valence-corrected chi connectivity index (χ1v) is 10.4. The molecule has 0 aliphatic carbocycles. The van der Waals surface area contributed by atoms with Crippen LogP contribution in [-0.2, 0) is 11.3 Å². The average Bonchev–Trinajstić information content (AvgIpc) is 3.36. The lowest BCUT2D eigenvalue weighted by Gasteiger charge is -2.11. The molecule has 0 atom stereocenters. The molecule has 0 aliphatic heterocycles. The Kier molecular flexibility index (Phi) is 5.95. The number of nitrogens with zero attached hydrogens (tertiary/aromatic N) is 3. The summed E-state index contributed by atoms with van der Waals surface area (Å²) in [6.45, 7) is 4.50. The maximum absolute atomic E-state index is 10.8. The van der Waals surface area contributed by atoms with Crippen molar-refractivity contribution in [1.29, 1.82) is 0 Å². The second-order valence-electron chi connectivity index (χ2n) is 7.48. The number of ether oxygens (including phenoxy) is 1. The topological polar surface area (TPSA) is 90.4 Å². The summed E-state index contributed by atoms with van der Waals surface area (Å²) in [5.41, 5.74) is 2.54. The maximum atomic E-state index is 10.8. The summed E-state index contributed by atoms with van der Waals surface area (Å²) < 4.78 is 13.3. The van der Waals surface area contributed by atoms with E-state index in [-0.39, 0.29) is 12.5 Å². The van der Waals surface area contributed by atoms with Crippen LogP contribution >= 0.6 is 11.6 Å². The van der Waals surface area contributed by atoms with Crippen LogP contribution in [0.2, 0.25) is 5.02 Å². The zero-order valence-electron chi connectivity index (χ0n) is 17.2. The third-order valence-electron chi connectivity index (χ3n) is 4.81. The van der Waals surface area contributed by atoms with Crippen LogP contribution in [0.15, 0.2) is 53.2 Å². The maximum Gasteiger partial charge on any atom is 0.303 e. The molecule has 0 radical (unpaired) electrons. The Morgan fingerprint density at radius 1 is 1.26 bits per heavy atom. The van der Waals surface area contributed by atoms with Gasteiger partial charge in [0.25, 0.3) is 5.89 Å². The van der Waals surface area contributed by atoms with Gasteiger partial charge in [0, 0.05) is 41.2 Å². The standard InChI is InChI=1S/C23H22ClN3O4/c1-14(2)30-20-9-8-15(13-18(20)24)22-25-23(31-26-22)17-5-3-6-19-16(17)10-12-27(19)11-4-7-21(28)29/h3,5-6,8-10,12-14H,4,7,11H2,1-2H3,(H,28,29). The predicted octanol–water partition coefficient (Wildman–Crippen LogP) is 5.66. The van der Waals surface area contributed by atoms with E-state index < -0.39 is 5.97 Å². The zero-order chi connectivity index (χ0) is 22.0. The normalized spacial score (nSPS) is 11.4. The fraction of sp³-hybridized carbons (Fsp3) is 0.261. The minimum atomic E-state index is -0.792. The molecule has 0 unspecified atom stereocenters. The number of rotatable bonds is 8.